The Labute approximate surface area is 142 Å². The molecule has 0 aliphatic heterocycles. The number of benzene rings is 1. The zero-order valence-corrected chi connectivity index (χ0v) is 15.7. The predicted molar refractivity (Wildman–Crippen MR) is 95.6 cm³/mol. The van der Waals surface area contributed by atoms with Crippen LogP contribution in [0.3, 0.4) is 0 Å². The molecule has 0 amide bonds. The molecule has 0 aliphatic carbocycles. The van der Waals surface area contributed by atoms with Crippen LogP contribution in [0.15, 0.2) is 39.3 Å². The van der Waals surface area contributed by atoms with E-state index in [-0.39, 0.29) is 0 Å². The van der Waals surface area contributed by atoms with Gasteiger partial charge in [-0.05, 0) is 66.0 Å². The lowest BCUT2D eigenvalue weighted by Gasteiger charge is -2.18. The Hall–Kier alpha value is -0.160. The van der Waals surface area contributed by atoms with Crippen molar-refractivity contribution in [1.29, 1.82) is 0 Å². The highest BCUT2D eigenvalue weighted by molar-refractivity contribution is 9.10. The molecular weight excluding hydrogens is 398 g/mol. The molecule has 1 atom stereocenters. The molecule has 20 heavy (non-hydrogen) atoms. The molecule has 2 rings (SSSR count). The summed E-state index contributed by atoms with van der Waals surface area (Å²) in [5.41, 5.74) is 1.35. The second kappa shape index (κ2) is 7.74. The normalized spacial score (nSPS) is 12.6. The minimum absolute atomic E-state index is 0.373. The Morgan fingerprint density at radius 3 is 2.65 bits per heavy atom. The maximum Gasteiger partial charge on any atom is 0.0467 e. The lowest BCUT2D eigenvalue weighted by atomic mass is 10.0. The van der Waals surface area contributed by atoms with E-state index in [4.69, 9.17) is 0 Å². The van der Waals surface area contributed by atoms with Gasteiger partial charge < -0.3 is 5.32 Å². The Kier molecular flexibility index (Phi) is 6.27. The molecule has 0 radical (unpaired) electrons. The third-order valence-electron chi connectivity index (χ3n) is 3.12. The second-order valence-corrected chi connectivity index (χ2v) is 7.97. The molecule has 1 aromatic heterocycles. The van der Waals surface area contributed by atoms with Crippen LogP contribution in [0, 0.1) is 6.92 Å². The first-order chi connectivity index (χ1) is 9.60. The highest BCUT2D eigenvalue weighted by Gasteiger charge is 2.17. The van der Waals surface area contributed by atoms with E-state index in [0.29, 0.717) is 6.04 Å². The maximum absolute atomic E-state index is 3.70. The summed E-state index contributed by atoms with van der Waals surface area (Å²) in [4.78, 5) is 2.75. The van der Waals surface area contributed by atoms with Crippen LogP contribution in [-0.2, 0) is 6.42 Å². The highest BCUT2D eigenvalue weighted by Crippen LogP contribution is 2.34. The van der Waals surface area contributed by atoms with Gasteiger partial charge >= 0.3 is 0 Å². The summed E-state index contributed by atoms with van der Waals surface area (Å²) < 4.78 is 2.37. The van der Waals surface area contributed by atoms with Crippen molar-refractivity contribution in [1.82, 2.24) is 5.32 Å². The zero-order chi connectivity index (χ0) is 14.5. The van der Waals surface area contributed by atoms with Crippen LogP contribution in [0.4, 0.5) is 0 Å². The molecule has 0 spiro atoms. The average Bonchev–Trinajstić information content (AvgIpc) is 2.73. The van der Waals surface area contributed by atoms with E-state index in [9.17, 15) is 0 Å². The molecule has 1 unspecified atom stereocenters. The van der Waals surface area contributed by atoms with E-state index in [0.717, 1.165) is 23.9 Å². The Bertz CT molecular complexity index is 565. The fourth-order valence-electron chi connectivity index (χ4n) is 2.21. The van der Waals surface area contributed by atoms with Crippen molar-refractivity contribution in [2.45, 2.75) is 32.7 Å². The molecule has 0 bridgehead atoms. The molecule has 0 aliphatic rings. The monoisotopic (exact) mass is 415 g/mol. The van der Waals surface area contributed by atoms with Crippen molar-refractivity contribution in [3.05, 3.63) is 54.6 Å². The number of hydrogen-bond acceptors (Lipinski definition) is 2. The van der Waals surface area contributed by atoms with Gasteiger partial charge in [-0.25, -0.2) is 0 Å². The molecule has 108 valence electrons. The number of hydrogen-bond donors (Lipinski definition) is 1. The van der Waals surface area contributed by atoms with Gasteiger partial charge in [-0.1, -0.05) is 35.0 Å². The lowest BCUT2D eigenvalue weighted by Crippen LogP contribution is -2.23. The van der Waals surface area contributed by atoms with Gasteiger partial charge in [-0.3, -0.25) is 0 Å². The van der Waals surface area contributed by atoms with E-state index in [1.807, 2.05) is 11.3 Å². The summed E-state index contributed by atoms with van der Waals surface area (Å²) in [5.74, 6) is 0. The Balaban J connectivity index is 2.21. The molecule has 1 aromatic carbocycles. The summed E-state index contributed by atoms with van der Waals surface area (Å²) in [6.45, 7) is 5.41. The number of nitrogens with one attached hydrogen (secondary N) is 1. The molecule has 4 heteroatoms. The van der Waals surface area contributed by atoms with Gasteiger partial charge in [0.15, 0.2) is 0 Å². The van der Waals surface area contributed by atoms with Gasteiger partial charge in [0.2, 0.25) is 0 Å². The summed E-state index contributed by atoms with van der Waals surface area (Å²) in [5, 5.41) is 3.67. The molecule has 0 fully saturated rings. The number of halogens is 2. The highest BCUT2D eigenvalue weighted by atomic mass is 79.9. The van der Waals surface area contributed by atoms with Crippen LogP contribution >= 0.6 is 43.2 Å². The third kappa shape index (κ3) is 4.42. The summed E-state index contributed by atoms with van der Waals surface area (Å²) >= 11 is 9.13. The first kappa shape index (κ1) is 16.2. The summed E-state index contributed by atoms with van der Waals surface area (Å²) in [6.07, 6.45) is 2.16. The Morgan fingerprint density at radius 1 is 1.25 bits per heavy atom. The topological polar surface area (TPSA) is 12.0 Å². The van der Waals surface area contributed by atoms with Crippen LogP contribution in [0.5, 0.6) is 0 Å². The molecule has 2 aromatic rings. The standard InChI is InChI=1S/C16H19Br2NS/c1-3-7-19-15(16-14(18)8-11(2)20-16)10-12-5-4-6-13(17)9-12/h4-6,8-9,15,19H,3,7,10H2,1-2H3. The molecule has 1 N–H and O–H groups in total. The minimum atomic E-state index is 0.373. The predicted octanol–water partition coefficient (Wildman–Crippen LogP) is 5.86. The van der Waals surface area contributed by atoms with E-state index in [1.165, 1.54) is 19.8 Å². The van der Waals surface area contributed by atoms with Gasteiger partial charge in [-0.15, -0.1) is 11.3 Å². The van der Waals surface area contributed by atoms with Gasteiger partial charge in [0.1, 0.15) is 0 Å². The maximum atomic E-state index is 3.70. The van der Waals surface area contributed by atoms with Gasteiger partial charge in [0, 0.05) is 24.7 Å². The van der Waals surface area contributed by atoms with E-state index >= 15 is 0 Å². The largest absolute Gasteiger partial charge is 0.309 e. The van der Waals surface area contributed by atoms with E-state index in [1.54, 1.807) is 0 Å². The second-order valence-electron chi connectivity index (χ2n) is 4.91. The van der Waals surface area contributed by atoms with Crippen molar-refractivity contribution < 1.29 is 0 Å². The van der Waals surface area contributed by atoms with Crippen LogP contribution in [0.25, 0.3) is 0 Å². The third-order valence-corrected chi connectivity index (χ3v) is 5.70. The fraction of sp³-hybridized carbons (Fsp3) is 0.375. The molecule has 1 nitrogen and oxygen atoms in total. The van der Waals surface area contributed by atoms with Crippen molar-refractivity contribution in [3.8, 4) is 0 Å². The van der Waals surface area contributed by atoms with Crippen molar-refractivity contribution in [2.75, 3.05) is 6.54 Å². The average molecular weight is 417 g/mol. The fourth-order valence-corrected chi connectivity index (χ4v) is 4.66. The zero-order valence-electron chi connectivity index (χ0n) is 11.7. The number of thiophene rings is 1. The SMILES string of the molecule is CCCNC(Cc1cccc(Br)c1)c1sc(C)cc1Br. The van der Waals surface area contributed by atoms with Gasteiger partial charge in [-0.2, -0.15) is 0 Å². The quantitative estimate of drug-likeness (QED) is 0.621. The van der Waals surface area contributed by atoms with Crippen molar-refractivity contribution >= 4 is 43.2 Å². The van der Waals surface area contributed by atoms with Crippen LogP contribution < -0.4 is 5.32 Å². The van der Waals surface area contributed by atoms with Crippen LogP contribution in [0.2, 0.25) is 0 Å². The molecule has 0 saturated carbocycles. The summed E-state index contributed by atoms with van der Waals surface area (Å²) in [7, 11) is 0. The minimum Gasteiger partial charge on any atom is -0.309 e. The number of aryl methyl sites for hydroxylation is 1. The number of rotatable bonds is 6. The van der Waals surface area contributed by atoms with Gasteiger partial charge in [0.05, 0.1) is 0 Å². The van der Waals surface area contributed by atoms with Crippen molar-refractivity contribution in [2.24, 2.45) is 0 Å². The smallest absolute Gasteiger partial charge is 0.0467 e. The molecule has 1 heterocycles. The van der Waals surface area contributed by atoms with E-state index < -0.39 is 0 Å². The summed E-state index contributed by atoms with van der Waals surface area (Å²) in [6, 6.07) is 11.2. The van der Waals surface area contributed by atoms with Crippen molar-refractivity contribution in [3.63, 3.8) is 0 Å². The lowest BCUT2D eigenvalue weighted by molar-refractivity contribution is 0.535. The first-order valence-corrected chi connectivity index (χ1v) is 9.24. The van der Waals surface area contributed by atoms with Gasteiger partial charge in [0.25, 0.3) is 0 Å². The van der Waals surface area contributed by atoms with Crippen LogP contribution in [0.1, 0.15) is 34.7 Å². The Morgan fingerprint density at radius 2 is 2.05 bits per heavy atom. The van der Waals surface area contributed by atoms with E-state index in [2.05, 4.69) is 81.4 Å². The first-order valence-electron chi connectivity index (χ1n) is 6.83. The van der Waals surface area contributed by atoms with Crippen LogP contribution in [-0.4, -0.2) is 6.54 Å². The molecular formula is C16H19Br2NS. The molecule has 0 saturated heterocycles.